The van der Waals surface area contributed by atoms with Gasteiger partial charge in [0.1, 0.15) is 11.4 Å². The lowest BCUT2D eigenvalue weighted by atomic mass is 10.2. The van der Waals surface area contributed by atoms with Crippen molar-refractivity contribution in [1.29, 1.82) is 0 Å². The monoisotopic (exact) mass is 279 g/mol. The number of amides is 1. The van der Waals surface area contributed by atoms with E-state index in [-0.39, 0.29) is 11.7 Å². The lowest BCUT2D eigenvalue weighted by molar-refractivity contribution is 0.102. The number of nitrogens with two attached hydrogens (primary N) is 1. The average Bonchev–Trinajstić information content (AvgIpc) is 2.91. The third-order valence-electron chi connectivity index (χ3n) is 2.95. The molecule has 6 heteroatoms. The van der Waals surface area contributed by atoms with Gasteiger partial charge < -0.3 is 11.1 Å². The number of nitrogens with one attached hydrogen (secondary N) is 1. The number of carbonyl (C=O) groups excluding carboxylic acids is 1. The first-order valence-electron chi connectivity index (χ1n) is 6.37. The molecule has 0 saturated heterocycles. The van der Waals surface area contributed by atoms with Crippen LogP contribution in [0.25, 0.3) is 5.82 Å². The van der Waals surface area contributed by atoms with Crippen molar-refractivity contribution in [3.63, 3.8) is 0 Å². The molecule has 0 unspecified atom stereocenters. The summed E-state index contributed by atoms with van der Waals surface area (Å²) in [5.74, 6) is 0.511. The maximum Gasteiger partial charge on any atom is 0.261 e. The molecular formula is C15H13N5O. The minimum atomic E-state index is -0.305. The maximum absolute atomic E-state index is 12.2. The summed E-state index contributed by atoms with van der Waals surface area (Å²) in [6, 6.07) is 14.6. The molecule has 3 aromatic rings. The molecule has 0 aliphatic heterocycles. The minimum absolute atomic E-state index is 0.252. The molecule has 1 amide bonds. The van der Waals surface area contributed by atoms with Gasteiger partial charge in [0.25, 0.3) is 5.91 Å². The van der Waals surface area contributed by atoms with Crippen LogP contribution in [0.15, 0.2) is 60.9 Å². The normalized spacial score (nSPS) is 10.3. The molecule has 2 aromatic heterocycles. The van der Waals surface area contributed by atoms with Gasteiger partial charge in [-0.25, -0.2) is 4.98 Å². The highest BCUT2D eigenvalue weighted by Gasteiger charge is 2.16. The third-order valence-corrected chi connectivity index (χ3v) is 2.95. The fourth-order valence-electron chi connectivity index (χ4n) is 1.91. The van der Waals surface area contributed by atoms with Gasteiger partial charge in [-0.1, -0.05) is 24.3 Å². The number of carbonyl (C=O) groups is 1. The standard InChI is InChI=1S/C15H13N5O/c16-14-12(15(21)19-11-6-2-1-3-7-11)10-18-20(14)13-8-4-5-9-17-13/h1-10H,16H2,(H,19,21). The molecule has 0 saturated carbocycles. The van der Waals surface area contributed by atoms with Crippen molar-refractivity contribution < 1.29 is 4.79 Å². The smallest absolute Gasteiger partial charge is 0.261 e. The lowest BCUT2D eigenvalue weighted by Crippen LogP contribution is -2.14. The van der Waals surface area contributed by atoms with E-state index >= 15 is 0 Å². The number of para-hydroxylation sites is 1. The number of nitrogens with zero attached hydrogens (tertiary/aromatic N) is 3. The van der Waals surface area contributed by atoms with E-state index < -0.39 is 0 Å². The van der Waals surface area contributed by atoms with Crippen LogP contribution in [0.2, 0.25) is 0 Å². The quantitative estimate of drug-likeness (QED) is 0.768. The Morgan fingerprint density at radius 3 is 2.57 bits per heavy atom. The SMILES string of the molecule is Nc1c(C(=O)Nc2ccccc2)cnn1-c1ccccn1. The first-order valence-corrected chi connectivity index (χ1v) is 6.37. The van der Waals surface area contributed by atoms with E-state index in [0.29, 0.717) is 17.1 Å². The van der Waals surface area contributed by atoms with Gasteiger partial charge in [-0.2, -0.15) is 9.78 Å². The van der Waals surface area contributed by atoms with Gasteiger partial charge in [-0.3, -0.25) is 4.79 Å². The highest BCUT2D eigenvalue weighted by molar-refractivity contribution is 6.07. The second-order valence-corrected chi connectivity index (χ2v) is 4.36. The number of nitrogen functional groups attached to an aromatic ring is 1. The Hall–Kier alpha value is -3.15. The van der Waals surface area contributed by atoms with E-state index in [2.05, 4.69) is 15.4 Å². The largest absolute Gasteiger partial charge is 0.383 e. The zero-order valence-electron chi connectivity index (χ0n) is 11.1. The third kappa shape index (κ3) is 2.59. The highest BCUT2D eigenvalue weighted by atomic mass is 16.1. The summed E-state index contributed by atoms with van der Waals surface area (Å²) in [6.45, 7) is 0. The van der Waals surface area contributed by atoms with E-state index in [0.717, 1.165) is 0 Å². The van der Waals surface area contributed by atoms with E-state index in [1.165, 1.54) is 10.9 Å². The molecule has 0 aliphatic rings. The first kappa shape index (κ1) is 12.9. The molecule has 0 atom stereocenters. The van der Waals surface area contributed by atoms with Crippen LogP contribution in [0.1, 0.15) is 10.4 Å². The van der Waals surface area contributed by atoms with Gasteiger partial charge in [0.05, 0.1) is 6.20 Å². The zero-order chi connectivity index (χ0) is 14.7. The molecule has 3 N–H and O–H groups in total. The Labute approximate surface area is 121 Å². The van der Waals surface area contributed by atoms with E-state index in [9.17, 15) is 4.79 Å². The van der Waals surface area contributed by atoms with E-state index in [1.807, 2.05) is 24.3 Å². The number of rotatable bonds is 3. The lowest BCUT2D eigenvalue weighted by Gasteiger charge is -2.05. The van der Waals surface area contributed by atoms with Crippen molar-refractivity contribution >= 4 is 17.4 Å². The van der Waals surface area contributed by atoms with Crippen molar-refractivity contribution in [2.75, 3.05) is 11.1 Å². The second-order valence-electron chi connectivity index (χ2n) is 4.36. The Kier molecular flexibility index (Phi) is 3.34. The first-order chi connectivity index (χ1) is 10.3. The molecule has 1 aromatic carbocycles. The van der Waals surface area contributed by atoms with E-state index in [1.54, 1.807) is 30.5 Å². The molecule has 0 radical (unpaired) electrons. The van der Waals surface area contributed by atoms with Crippen LogP contribution in [-0.2, 0) is 0 Å². The zero-order valence-corrected chi connectivity index (χ0v) is 11.1. The molecule has 104 valence electrons. The van der Waals surface area contributed by atoms with Gasteiger partial charge in [0.2, 0.25) is 0 Å². The van der Waals surface area contributed by atoms with Gasteiger partial charge in [0.15, 0.2) is 5.82 Å². The Morgan fingerprint density at radius 2 is 1.86 bits per heavy atom. The average molecular weight is 279 g/mol. The van der Waals surface area contributed by atoms with Crippen molar-refractivity contribution in [3.8, 4) is 5.82 Å². The summed E-state index contributed by atoms with van der Waals surface area (Å²) < 4.78 is 1.43. The van der Waals surface area contributed by atoms with Crippen LogP contribution in [0.3, 0.4) is 0 Å². The topological polar surface area (TPSA) is 85.8 Å². The number of benzene rings is 1. The van der Waals surface area contributed by atoms with Crippen LogP contribution < -0.4 is 11.1 Å². The van der Waals surface area contributed by atoms with Crippen molar-refractivity contribution in [3.05, 3.63) is 66.5 Å². The molecule has 0 bridgehead atoms. The van der Waals surface area contributed by atoms with Crippen LogP contribution in [0, 0.1) is 0 Å². The molecule has 0 aliphatic carbocycles. The number of pyridine rings is 1. The molecule has 0 spiro atoms. The molecule has 3 rings (SSSR count). The molecule has 0 fully saturated rings. The summed E-state index contributed by atoms with van der Waals surface area (Å²) in [4.78, 5) is 16.4. The number of anilines is 2. The van der Waals surface area contributed by atoms with Gasteiger partial charge >= 0.3 is 0 Å². The maximum atomic E-state index is 12.2. The van der Waals surface area contributed by atoms with Gasteiger partial charge in [-0.05, 0) is 24.3 Å². The highest BCUT2D eigenvalue weighted by Crippen LogP contribution is 2.17. The molecule has 2 heterocycles. The number of aromatic nitrogens is 3. The molecular weight excluding hydrogens is 266 g/mol. The van der Waals surface area contributed by atoms with Gasteiger partial charge in [-0.15, -0.1) is 0 Å². The minimum Gasteiger partial charge on any atom is -0.383 e. The van der Waals surface area contributed by atoms with Gasteiger partial charge in [0, 0.05) is 11.9 Å². The molecule has 6 nitrogen and oxygen atoms in total. The van der Waals surface area contributed by atoms with Crippen LogP contribution in [0.4, 0.5) is 11.5 Å². The number of hydrogen-bond donors (Lipinski definition) is 2. The van der Waals surface area contributed by atoms with Crippen LogP contribution >= 0.6 is 0 Å². The van der Waals surface area contributed by atoms with Crippen LogP contribution in [0.5, 0.6) is 0 Å². The van der Waals surface area contributed by atoms with Crippen LogP contribution in [-0.4, -0.2) is 20.7 Å². The summed E-state index contributed by atoms with van der Waals surface area (Å²) >= 11 is 0. The van der Waals surface area contributed by atoms with Crippen molar-refractivity contribution in [2.24, 2.45) is 0 Å². The Bertz CT molecular complexity index is 752. The van der Waals surface area contributed by atoms with Crippen molar-refractivity contribution in [2.45, 2.75) is 0 Å². The Balaban J connectivity index is 1.87. The predicted octanol–water partition coefficient (Wildman–Crippen LogP) is 2.10. The fraction of sp³-hybridized carbons (Fsp3) is 0. The summed E-state index contributed by atoms with van der Waals surface area (Å²) in [6.07, 6.45) is 3.07. The summed E-state index contributed by atoms with van der Waals surface area (Å²) in [5.41, 5.74) is 7.00. The second kappa shape index (κ2) is 5.46. The predicted molar refractivity (Wildman–Crippen MR) is 80.2 cm³/mol. The Morgan fingerprint density at radius 1 is 1.10 bits per heavy atom. The summed E-state index contributed by atoms with van der Waals surface area (Å²) in [5, 5.41) is 6.89. The fourth-order valence-corrected chi connectivity index (χ4v) is 1.91. The van der Waals surface area contributed by atoms with E-state index in [4.69, 9.17) is 5.73 Å². The molecule has 21 heavy (non-hydrogen) atoms. The summed E-state index contributed by atoms with van der Waals surface area (Å²) in [7, 11) is 0. The van der Waals surface area contributed by atoms with Crippen molar-refractivity contribution in [1.82, 2.24) is 14.8 Å². The number of hydrogen-bond acceptors (Lipinski definition) is 4.